The molecule has 4 N–H and O–H groups in total. The SMILES string of the molecule is Cn1cc(CNc2nc(NC3CC3)n3ncc(/C=C4\NC(=O)NC4=O)c3n2)cn1. The zero-order valence-electron chi connectivity index (χ0n) is 15.5. The summed E-state index contributed by atoms with van der Waals surface area (Å²) >= 11 is 0. The highest BCUT2D eigenvalue weighted by atomic mass is 16.2. The molecular weight excluding hydrogens is 376 g/mol. The number of anilines is 2. The summed E-state index contributed by atoms with van der Waals surface area (Å²) in [6.07, 6.45) is 8.96. The van der Waals surface area contributed by atoms with E-state index in [9.17, 15) is 9.59 Å². The van der Waals surface area contributed by atoms with Crippen molar-refractivity contribution in [3.63, 3.8) is 0 Å². The summed E-state index contributed by atoms with van der Waals surface area (Å²) in [4.78, 5) is 32.3. The Kier molecular flexibility index (Phi) is 3.89. The smallest absolute Gasteiger partial charge is 0.326 e. The van der Waals surface area contributed by atoms with Gasteiger partial charge in [-0.2, -0.15) is 24.7 Å². The number of nitrogens with zero attached hydrogens (tertiary/aromatic N) is 6. The highest BCUT2D eigenvalue weighted by Gasteiger charge is 2.25. The molecule has 0 atom stereocenters. The molecule has 3 amide bonds. The van der Waals surface area contributed by atoms with E-state index in [1.807, 2.05) is 13.2 Å². The van der Waals surface area contributed by atoms with E-state index in [0.29, 0.717) is 35.7 Å². The molecule has 1 aliphatic carbocycles. The van der Waals surface area contributed by atoms with Crippen LogP contribution in [0.25, 0.3) is 11.7 Å². The van der Waals surface area contributed by atoms with Gasteiger partial charge in [-0.25, -0.2) is 4.79 Å². The first-order valence-corrected chi connectivity index (χ1v) is 9.13. The zero-order valence-corrected chi connectivity index (χ0v) is 15.5. The quantitative estimate of drug-likeness (QED) is 0.344. The molecule has 0 radical (unpaired) electrons. The fourth-order valence-electron chi connectivity index (χ4n) is 2.96. The Labute approximate surface area is 164 Å². The first-order valence-electron chi connectivity index (χ1n) is 9.13. The van der Waals surface area contributed by atoms with Gasteiger partial charge in [-0.1, -0.05) is 0 Å². The molecule has 1 aliphatic heterocycles. The Hall–Kier alpha value is -3.96. The molecule has 29 heavy (non-hydrogen) atoms. The molecule has 1 saturated heterocycles. The Morgan fingerprint density at radius 3 is 2.76 bits per heavy atom. The average molecular weight is 394 g/mol. The second-order valence-corrected chi connectivity index (χ2v) is 6.97. The van der Waals surface area contributed by atoms with Gasteiger partial charge in [-0.3, -0.25) is 14.8 Å². The number of fused-ring (bicyclic) bond motifs is 1. The lowest BCUT2D eigenvalue weighted by Crippen LogP contribution is -2.22. The van der Waals surface area contributed by atoms with Crippen LogP contribution in [0.3, 0.4) is 0 Å². The molecule has 2 aliphatic rings. The first-order chi connectivity index (χ1) is 14.0. The number of urea groups is 1. The Morgan fingerprint density at radius 1 is 1.21 bits per heavy atom. The topological polar surface area (TPSA) is 143 Å². The molecule has 12 nitrogen and oxygen atoms in total. The summed E-state index contributed by atoms with van der Waals surface area (Å²) < 4.78 is 3.32. The molecule has 148 valence electrons. The fraction of sp³-hybridized carbons (Fsp3) is 0.294. The van der Waals surface area contributed by atoms with E-state index in [1.54, 1.807) is 27.7 Å². The maximum absolute atomic E-state index is 11.8. The zero-order chi connectivity index (χ0) is 20.0. The highest BCUT2D eigenvalue weighted by Crippen LogP contribution is 2.25. The van der Waals surface area contributed by atoms with Gasteiger partial charge in [-0.05, 0) is 18.9 Å². The van der Waals surface area contributed by atoms with E-state index in [1.165, 1.54) is 0 Å². The van der Waals surface area contributed by atoms with E-state index >= 15 is 0 Å². The summed E-state index contributed by atoms with van der Waals surface area (Å²) in [6, 6.07) is -0.188. The molecule has 5 rings (SSSR count). The van der Waals surface area contributed by atoms with Crippen molar-refractivity contribution in [2.45, 2.75) is 25.4 Å². The van der Waals surface area contributed by atoms with Crippen LogP contribution < -0.4 is 21.3 Å². The number of aromatic nitrogens is 6. The number of imide groups is 1. The lowest BCUT2D eigenvalue weighted by Gasteiger charge is -2.09. The number of aryl methyl sites for hydroxylation is 1. The summed E-state index contributed by atoms with van der Waals surface area (Å²) in [5.41, 5.74) is 2.24. The molecule has 0 aromatic carbocycles. The lowest BCUT2D eigenvalue weighted by atomic mass is 10.2. The van der Waals surface area contributed by atoms with E-state index in [0.717, 1.165) is 18.4 Å². The normalized spacial score (nSPS) is 17.6. The Balaban J connectivity index is 1.50. The molecule has 3 aromatic rings. The molecule has 2 fully saturated rings. The van der Waals surface area contributed by atoms with E-state index < -0.39 is 11.9 Å². The molecule has 12 heteroatoms. The fourth-order valence-corrected chi connectivity index (χ4v) is 2.96. The number of carbonyl (C=O) groups is 2. The average Bonchev–Trinajstić information content (AvgIpc) is 3.10. The predicted molar refractivity (Wildman–Crippen MR) is 103 cm³/mol. The largest absolute Gasteiger partial charge is 0.351 e. The van der Waals surface area contributed by atoms with Crippen LogP contribution in [0.5, 0.6) is 0 Å². The van der Waals surface area contributed by atoms with Crippen LogP contribution in [0.1, 0.15) is 24.0 Å². The predicted octanol–water partition coefficient (Wildman–Crippen LogP) is 0.225. The number of hydrogen-bond donors (Lipinski definition) is 4. The molecule has 0 spiro atoms. The van der Waals surface area contributed by atoms with Gasteiger partial charge in [0.1, 0.15) is 5.70 Å². The third-order valence-electron chi connectivity index (χ3n) is 4.53. The second kappa shape index (κ2) is 6.58. The van der Waals surface area contributed by atoms with Gasteiger partial charge < -0.3 is 16.0 Å². The van der Waals surface area contributed by atoms with Gasteiger partial charge in [0.2, 0.25) is 11.9 Å². The minimum atomic E-state index is -0.553. The van der Waals surface area contributed by atoms with Crippen molar-refractivity contribution in [1.82, 2.24) is 40.0 Å². The first kappa shape index (κ1) is 17.2. The molecule has 0 bridgehead atoms. The monoisotopic (exact) mass is 394 g/mol. The highest BCUT2D eigenvalue weighted by molar-refractivity contribution is 6.14. The Bertz CT molecular complexity index is 1160. The number of amides is 3. The summed E-state index contributed by atoms with van der Waals surface area (Å²) in [6.45, 7) is 0.510. The van der Waals surface area contributed by atoms with Crippen LogP contribution in [-0.4, -0.2) is 47.3 Å². The lowest BCUT2D eigenvalue weighted by molar-refractivity contribution is -0.115. The van der Waals surface area contributed by atoms with Crippen molar-refractivity contribution >= 4 is 35.6 Å². The van der Waals surface area contributed by atoms with Gasteiger partial charge in [-0.15, -0.1) is 0 Å². The molecule has 1 saturated carbocycles. The van der Waals surface area contributed by atoms with Crippen LogP contribution in [0.2, 0.25) is 0 Å². The third kappa shape index (κ3) is 3.47. The maximum atomic E-state index is 11.8. The van der Waals surface area contributed by atoms with Crippen molar-refractivity contribution < 1.29 is 9.59 Å². The van der Waals surface area contributed by atoms with Gasteiger partial charge in [0.15, 0.2) is 5.65 Å². The van der Waals surface area contributed by atoms with Crippen molar-refractivity contribution in [2.24, 2.45) is 7.05 Å². The van der Waals surface area contributed by atoms with Gasteiger partial charge >= 0.3 is 6.03 Å². The number of hydrogen-bond acceptors (Lipinski definition) is 8. The summed E-state index contributed by atoms with van der Waals surface area (Å²) in [7, 11) is 1.85. The van der Waals surface area contributed by atoms with Crippen molar-refractivity contribution in [1.29, 1.82) is 0 Å². The summed E-state index contributed by atoms with van der Waals surface area (Å²) in [5.74, 6) is 0.495. The van der Waals surface area contributed by atoms with Crippen LogP contribution in [0, 0.1) is 0 Å². The standard InChI is InChI=1S/C17H18N10O2/c1-26-8-9(6-19-26)5-18-15-23-13-10(4-12-14(28)24-17(29)22-12)7-20-27(13)16(25-15)21-11-2-3-11/h4,6-8,11H,2-3,5H2,1H3,(H2,18,21,23,25)(H2,22,24,28,29)/b12-4-. The van der Waals surface area contributed by atoms with Gasteiger partial charge in [0.25, 0.3) is 5.91 Å². The number of rotatable bonds is 6. The van der Waals surface area contributed by atoms with Crippen molar-refractivity contribution in [3.05, 3.63) is 35.4 Å². The van der Waals surface area contributed by atoms with Crippen LogP contribution >= 0.6 is 0 Å². The minimum absolute atomic E-state index is 0.144. The molecular formula is C17H18N10O2. The maximum Gasteiger partial charge on any atom is 0.326 e. The van der Waals surface area contributed by atoms with Crippen molar-refractivity contribution in [3.8, 4) is 0 Å². The number of carbonyl (C=O) groups excluding carboxylic acids is 2. The molecule has 0 unspecified atom stereocenters. The van der Waals surface area contributed by atoms with E-state index in [4.69, 9.17) is 0 Å². The number of nitrogens with one attached hydrogen (secondary N) is 4. The second-order valence-electron chi connectivity index (χ2n) is 6.97. The van der Waals surface area contributed by atoms with Gasteiger partial charge in [0, 0.05) is 37.0 Å². The van der Waals surface area contributed by atoms with E-state index in [-0.39, 0.29) is 5.70 Å². The molecule has 4 heterocycles. The van der Waals surface area contributed by atoms with Crippen LogP contribution in [-0.2, 0) is 18.4 Å². The third-order valence-corrected chi connectivity index (χ3v) is 4.53. The Morgan fingerprint density at radius 2 is 2.07 bits per heavy atom. The van der Waals surface area contributed by atoms with Gasteiger partial charge in [0.05, 0.1) is 12.4 Å². The minimum Gasteiger partial charge on any atom is -0.351 e. The van der Waals surface area contributed by atoms with Crippen LogP contribution in [0.15, 0.2) is 24.3 Å². The van der Waals surface area contributed by atoms with Crippen LogP contribution in [0.4, 0.5) is 16.7 Å². The summed E-state index contributed by atoms with van der Waals surface area (Å²) in [5, 5.41) is 19.7. The van der Waals surface area contributed by atoms with Crippen molar-refractivity contribution in [2.75, 3.05) is 10.6 Å². The van der Waals surface area contributed by atoms with E-state index in [2.05, 4.69) is 41.4 Å². The molecule has 3 aromatic heterocycles.